The largest absolute Gasteiger partial charge is 0.381 e. The van der Waals surface area contributed by atoms with Gasteiger partial charge < -0.3 is 19.3 Å². The first-order valence-corrected chi connectivity index (χ1v) is 10.6. The molecule has 3 aliphatic heterocycles. The number of morpholine rings is 1. The van der Waals surface area contributed by atoms with Crippen LogP contribution in [0.25, 0.3) is 0 Å². The molecule has 0 aromatic rings. The van der Waals surface area contributed by atoms with Gasteiger partial charge in [-0.2, -0.15) is 0 Å². The van der Waals surface area contributed by atoms with Gasteiger partial charge in [0.05, 0.1) is 13.2 Å². The quantitative estimate of drug-likeness (QED) is 0.686. The molecule has 0 saturated carbocycles. The number of ether oxygens (including phenoxy) is 2. The molecule has 7 heteroatoms. The van der Waals surface area contributed by atoms with Gasteiger partial charge in [-0.25, -0.2) is 0 Å². The van der Waals surface area contributed by atoms with Crippen molar-refractivity contribution in [2.75, 3.05) is 65.7 Å². The van der Waals surface area contributed by atoms with Crippen molar-refractivity contribution in [3.8, 4) is 0 Å². The average Bonchev–Trinajstić information content (AvgIpc) is 2.72. The van der Waals surface area contributed by atoms with Crippen molar-refractivity contribution in [2.45, 2.75) is 45.1 Å². The zero-order chi connectivity index (χ0) is 19.1. The summed E-state index contributed by atoms with van der Waals surface area (Å²) in [4.78, 5) is 31.5. The molecule has 1 unspecified atom stereocenters. The number of rotatable bonds is 6. The second kappa shape index (κ2) is 10.4. The monoisotopic (exact) mass is 381 g/mol. The highest BCUT2D eigenvalue weighted by molar-refractivity contribution is 5.79. The predicted octanol–water partition coefficient (Wildman–Crippen LogP) is 0.975. The van der Waals surface area contributed by atoms with E-state index in [0.29, 0.717) is 19.8 Å². The summed E-state index contributed by atoms with van der Waals surface area (Å²) in [6.45, 7) is 9.91. The fraction of sp³-hybridized carbons (Fsp3) is 0.900. The van der Waals surface area contributed by atoms with Crippen LogP contribution in [0, 0.1) is 5.92 Å². The van der Waals surface area contributed by atoms with Gasteiger partial charge in [-0.3, -0.25) is 14.5 Å². The van der Waals surface area contributed by atoms with Crippen LogP contribution >= 0.6 is 0 Å². The van der Waals surface area contributed by atoms with Crippen molar-refractivity contribution in [2.24, 2.45) is 5.92 Å². The SMILES string of the molecule is CC(=O)N(CCCN1CCOCC1)C1CCCN(C(=O)C2CCOCC2)C1. The van der Waals surface area contributed by atoms with Gasteiger partial charge in [-0.1, -0.05) is 0 Å². The topological polar surface area (TPSA) is 62.3 Å². The third kappa shape index (κ3) is 5.90. The fourth-order valence-electron chi connectivity index (χ4n) is 4.50. The van der Waals surface area contributed by atoms with Crippen molar-refractivity contribution in [3.63, 3.8) is 0 Å². The van der Waals surface area contributed by atoms with Crippen LogP contribution in [0.2, 0.25) is 0 Å². The Kier molecular flexibility index (Phi) is 7.91. The summed E-state index contributed by atoms with van der Waals surface area (Å²) >= 11 is 0. The van der Waals surface area contributed by atoms with E-state index in [4.69, 9.17) is 9.47 Å². The van der Waals surface area contributed by atoms with E-state index < -0.39 is 0 Å². The lowest BCUT2D eigenvalue weighted by Crippen LogP contribution is -2.53. The van der Waals surface area contributed by atoms with E-state index in [-0.39, 0.29) is 23.8 Å². The molecule has 0 aliphatic carbocycles. The number of amides is 2. The molecule has 154 valence electrons. The maximum absolute atomic E-state index is 12.9. The van der Waals surface area contributed by atoms with Gasteiger partial charge in [0.25, 0.3) is 0 Å². The number of carbonyl (C=O) groups excluding carboxylic acids is 2. The number of carbonyl (C=O) groups is 2. The Morgan fingerprint density at radius 1 is 1.00 bits per heavy atom. The standard InChI is InChI=1S/C20H35N3O4/c1-17(24)23(9-3-7-21-10-14-27-15-11-21)19-4-2-8-22(16-19)20(25)18-5-12-26-13-6-18/h18-19H,2-16H2,1H3. The van der Waals surface area contributed by atoms with E-state index in [1.165, 1.54) is 0 Å². The van der Waals surface area contributed by atoms with E-state index in [1.54, 1.807) is 6.92 Å². The number of likely N-dealkylation sites (tertiary alicyclic amines) is 1. The number of hydrogen-bond acceptors (Lipinski definition) is 5. The van der Waals surface area contributed by atoms with Crippen LogP contribution in [0.4, 0.5) is 0 Å². The van der Waals surface area contributed by atoms with E-state index >= 15 is 0 Å². The first-order chi connectivity index (χ1) is 13.1. The van der Waals surface area contributed by atoms with Crippen LogP contribution in [0.3, 0.4) is 0 Å². The maximum atomic E-state index is 12.9. The van der Waals surface area contributed by atoms with Gasteiger partial charge in [-0.05, 0) is 32.1 Å². The second-order valence-electron chi connectivity index (χ2n) is 7.99. The molecule has 3 saturated heterocycles. The summed E-state index contributed by atoms with van der Waals surface area (Å²) in [6, 6.07) is 0.157. The van der Waals surface area contributed by atoms with Gasteiger partial charge in [0.1, 0.15) is 0 Å². The lowest BCUT2D eigenvalue weighted by atomic mass is 9.96. The molecule has 3 rings (SSSR count). The molecule has 0 N–H and O–H groups in total. The minimum atomic E-state index is 0.101. The van der Waals surface area contributed by atoms with Crippen molar-refractivity contribution in [1.82, 2.24) is 14.7 Å². The normalized spacial score (nSPS) is 25.4. The van der Waals surface area contributed by atoms with Gasteiger partial charge >= 0.3 is 0 Å². The lowest BCUT2D eigenvalue weighted by Gasteiger charge is -2.41. The molecule has 3 aliphatic rings. The first-order valence-electron chi connectivity index (χ1n) is 10.6. The molecule has 2 amide bonds. The Morgan fingerprint density at radius 3 is 2.41 bits per heavy atom. The molecule has 0 aromatic carbocycles. The summed E-state index contributed by atoms with van der Waals surface area (Å²) in [7, 11) is 0. The molecule has 1 atom stereocenters. The summed E-state index contributed by atoms with van der Waals surface area (Å²) in [5, 5.41) is 0. The zero-order valence-electron chi connectivity index (χ0n) is 16.7. The van der Waals surface area contributed by atoms with Gasteiger partial charge in [-0.15, -0.1) is 0 Å². The molecule has 0 aromatic heterocycles. The Morgan fingerprint density at radius 2 is 1.70 bits per heavy atom. The Labute approximate surface area is 162 Å². The molecule has 0 radical (unpaired) electrons. The third-order valence-corrected chi connectivity index (χ3v) is 6.10. The van der Waals surface area contributed by atoms with Crippen LogP contribution in [-0.2, 0) is 19.1 Å². The lowest BCUT2D eigenvalue weighted by molar-refractivity contribution is -0.143. The highest BCUT2D eigenvalue weighted by Crippen LogP contribution is 2.22. The molecule has 0 bridgehead atoms. The van der Waals surface area contributed by atoms with E-state index in [2.05, 4.69) is 4.90 Å². The average molecular weight is 382 g/mol. The first kappa shape index (κ1) is 20.6. The van der Waals surface area contributed by atoms with Crippen LogP contribution < -0.4 is 0 Å². The molecule has 7 nitrogen and oxygen atoms in total. The highest BCUT2D eigenvalue weighted by Gasteiger charge is 2.32. The second-order valence-corrected chi connectivity index (χ2v) is 7.99. The summed E-state index contributed by atoms with van der Waals surface area (Å²) in [5.74, 6) is 0.492. The van der Waals surface area contributed by atoms with E-state index in [1.807, 2.05) is 9.80 Å². The molecular weight excluding hydrogens is 346 g/mol. The van der Waals surface area contributed by atoms with E-state index in [9.17, 15) is 9.59 Å². The van der Waals surface area contributed by atoms with Gasteiger partial charge in [0.2, 0.25) is 11.8 Å². The number of piperidine rings is 1. The fourth-order valence-corrected chi connectivity index (χ4v) is 4.50. The van der Waals surface area contributed by atoms with Crippen LogP contribution in [-0.4, -0.2) is 98.3 Å². The van der Waals surface area contributed by atoms with Gasteiger partial charge in [0.15, 0.2) is 0 Å². The summed E-state index contributed by atoms with van der Waals surface area (Å²) in [5.41, 5.74) is 0. The summed E-state index contributed by atoms with van der Waals surface area (Å²) < 4.78 is 10.8. The zero-order valence-corrected chi connectivity index (χ0v) is 16.7. The van der Waals surface area contributed by atoms with Crippen LogP contribution in [0.15, 0.2) is 0 Å². The minimum Gasteiger partial charge on any atom is -0.381 e. The maximum Gasteiger partial charge on any atom is 0.225 e. The molecule has 27 heavy (non-hydrogen) atoms. The molecule has 3 fully saturated rings. The third-order valence-electron chi connectivity index (χ3n) is 6.10. The molecule has 0 spiro atoms. The number of hydrogen-bond donors (Lipinski definition) is 0. The van der Waals surface area contributed by atoms with E-state index in [0.717, 1.165) is 78.0 Å². The van der Waals surface area contributed by atoms with Crippen molar-refractivity contribution < 1.29 is 19.1 Å². The van der Waals surface area contributed by atoms with Crippen molar-refractivity contribution in [1.29, 1.82) is 0 Å². The molecule has 3 heterocycles. The predicted molar refractivity (Wildman–Crippen MR) is 102 cm³/mol. The number of nitrogens with zero attached hydrogens (tertiary/aromatic N) is 3. The van der Waals surface area contributed by atoms with Crippen molar-refractivity contribution in [3.05, 3.63) is 0 Å². The van der Waals surface area contributed by atoms with Crippen molar-refractivity contribution >= 4 is 11.8 Å². The minimum absolute atomic E-state index is 0.101. The Bertz CT molecular complexity index is 490. The smallest absolute Gasteiger partial charge is 0.225 e. The van der Waals surface area contributed by atoms with Crippen LogP contribution in [0.5, 0.6) is 0 Å². The highest BCUT2D eigenvalue weighted by atomic mass is 16.5. The Hall–Kier alpha value is -1.18. The van der Waals surface area contributed by atoms with Crippen LogP contribution in [0.1, 0.15) is 39.0 Å². The Balaban J connectivity index is 1.49. The molecular formula is C20H35N3O4. The van der Waals surface area contributed by atoms with Gasteiger partial charge in [0, 0.05) is 71.4 Å². The summed E-state index contributed by atoms with van der Waals surface area (Å²) in [6.07, 6.45) is 4.61.